The number of hydrogen-bond acceptors (Lipinski definition) is 3. The molecule has 0 aliphatic heterocycles. The zero-order valence-electron chi connectivity index (χ0n) is 15.2. The number of fused-ring (bicyclic) bond motifs is 5. The number of anilines is 1. The number of nitrogen functional groups attached to an aromatic ring is 1. The Hall–Kier alpha value is -4.06. The lowest BCUT2D eigenvalue weighted by atomic mass is 10.1. The lowest BCUT2D eigenvalue weighted by molar-refractivity contribution is 0.0692. The maximum atomic E-state index is 12.6. The number of phenols is 1. The quantitative estimate of drug-likeness (QED) is 0.293. The fourth-order valence-corrected chi connectivity index (χ4v) is 3.34. The molecule has 0 saturated heterocycles. The smallest absolute Gasteiger partial charge is 0.338 e. The van der Waals surface area contributed by atoms with Gasteiger partial charge in [0.2, 0.25) is 0 Å². The highest BCUT2D eigenvalue weighted by molar-refractivity contribution is 6.17. The van der Waals surface area contributed by atoms with Gasteiger partial charge in [-0.05, 0) is 41.8 Å². The van der Waals surface area contributed by atoms with Crippen molar-refractivity contribution in [2.24, 2.45) is 0 Å². The van der Waals surface area contributed by atoms with E-state index in [0.717, 1.165) is 33.9 Å². The Morgan fingerprint density at radius 3 is 2.41 bits per heavy atom. The van der Waals surface area contributed by atoms with Crippen LogP contribution in [-0.2, 0) is 0 Å². The molecule has 4 aromatic carbocycles. The van der Waals surface area contributed by atoms with Crippen LogP contribution in [0.1, 0.15) is 10.4 Å². The maximum absolute atomic E-state index is 12.6. The van der Waals surface area contributed by atoms with Gasteiger partial charge in [0, 0.05) is 27.4 Å². The molecule has 0 fully saturated rings. The van der Waals surface area contributed by atoms with E-state index < -0.39 is 17.3 Å². The van der Waals surface area contributed by atoms with Crippen LogP contribution in [0.25, 0.3) is 32.6 Å². The van der Waals surface area contributed by atoms with E-state index in [-0.39, 0.29) is 5.69 Å². The van der Waals surface area contributed by atoms with Crippen LogP contribution < -0.4 is 5.73 Å². The van der Waals surface area contributed by atoms with Crippen LogP contribution in [0, 0.1) is 5.82 Å². The van der Waals surface area contributed by atoms with Crippen molar-refractivity contribution in [1.82, 2.24) is 4.98 Å². The number of nitrogens with one attached hydrogen (secondary N) is 1. The lowest BCUT2D eigenvalue weighted by Crippen LogP contribution is -2.01. The van der Waals surface area contributed by atoms with Crippen LogP contribution in [0.15, 0.2) is 72.8 Å². The largest absolute Gasteiger partial charge is 0.508 e. The van der Waals surface area contributed by atoms with Gasteiger partial charge < -0.3 is 20.9 Å². The van der Waals surface area contributed by atoms with Gasteiger partial charge in [-0.2, -0.15) is 0 Å². The first-order valence-corrected chi connectivity index (χ1v) is 8.84. The van der Waals surface area contributed by atoms with Crippen molar-refractivity contribution >= 4 is 44.2 Å². The molecule has 144 valence electrons. The molecule has 5 aromatic rings. The third-order valence-electron chi connectivity index (χ3n) is 4.70. The topological polar surface area (TPSA) is 99.3 Å². The Bertz CT molecular complexity index is 1380. The highest BCUT2D eigenvalue weighted by Gasteiger charge is 2.09. The molecule has 5 rings (SSSR count). The molecule has 5 nitrogen and oxygen atoms in total. The second-order valence-electron chi connectivity index (χ2n) is 6.61. The summed E-state index contributed by atoms with van der Waals surface area (Å²) in [6.45, 7) is 0. The number of aromatic hydroxyl groups is 1. The highest BCUT2D eigenvalue weighted by atomic mass is 19.1. The molecule has 29 heavy (non-hydrogen) atoms. The predicted molar refractivity (Wildman–Crippen MR) is 113 cm³/mol. The molecule has 0 aliphatic rings. The average Bonchev–Trinajstić information content (AvgIpc) is 3.09. The summed E-state index contributed by atoms with van der Waals surface area (Å²) in [7, 11) is 0. The van der Waals surface area contributed by atoms with Crippen molar-refractivity contribution in [2.75, 3.05) is 5.73 Å². The van der Waals surface area contributed by atoms with Crippen molar-refractivity contribution in [3.05, 3.63) is 84.2 Å². The number of aromatic carboxylic acids is 1. The number of nitrogens with two attached hydrogens (primary N) is 1. The Morgan fingerprint density at radius 2 is 1.66 bits per heavy atom. The summed E-state index contributed by atoms with van der Waals surface area (Å²) >= 11 is 0. The zero-order chi connectivity index (χ0) is 20.5. The van der Waals surface area contributed by atoms with Gasteiger partial charge in [0.1, 0.15) is 11.6 Å². The number of phenolic OH excluding ortho intramolecular Hbond substituents is 1. The first kappa shape index (κ1) is 18.3. The van der Waals surface area contributed by atoms with Crippen molar-refractivity contribution < 1.29 is 19.4 Å². The molecule has 0 radical (unpaired) electrons. The fraction of sp³-hybridized carbons (Fsp3) is 0. The molecule has 0 atom stereocenters. The van der Waals surface area contributed by atoms with E-state index in [4.69, 9.17) is 10.8 Å². The number of rotatable bonds is 1. The Labute approximate surface area is 164 Å². The van der Waals surface area contributed by atoms with Crippen LogP contribution in [-0.4, -0.2) is 21.2 Å². The maximum Gasteiger partial charge on any atom is 0.338 e. The number of benzene rings is 4. The minimum absolute atomic E-state index is 0.240. The number of carboxylic acids is 1. The third kappa shape index (κ3) is 3.43. The van der Waals surface area contributed by atoms with Crippen LogP contribution in [0.3, 0.4) is 0 Å². The normalized spacial score (nSPS) is 10.8. The van der Waals surface area contributed by atoms with Gasteiger partial charge in [-0.15, -0.1) is 0 Å². The summed E-state index contributed by atoms with van der Waals surface area (Å²) in [5.74, 6) is -1.78. The minimum atomic E-state index is -1.31. The molecule has 1 aromatic heterocycles. The number of carbonyl (C=O) groups is 1. The van der Waals surface area contributed by atoms with E-state index in [1.807, 2.05) is 24.3 Å². The van der Waals surface area contributed by atoms with E-state index >= 15 is 0 Å². The van der Waals surface area contributed by atoms with Crippen molar-refractivity contribution in [1.29, 1.82) is 0 Å². The Kier molecular flexibility index (Phi) is 4.52. The van der Waals surface area contributed by atoms with E-state index in [1.165, 1.54) is 16.8 Å². The van der Waals surface area contributed by atoms with E-state index in [1.54, 1.807) is 6.07 Å². The predicted octanol–water partition coefficient (Wildman–Crippen LogP) is 5.29. The van der Waals surface area contributed by atoms with E-state index in [9.17, 15) is 14.3 Å². The average molecular weight is 388 g/mol. The Morgan fingerprint density at radius 1 is 0.897 bits per heavy atom. The molecule has 0 aliphatic carbocycles. The number of aromatic amines is 1. The first-order valence-electron chi connectivity index (χ1n) is 8.84. The number of hydrogen-bond donors (Lipinski definition) is 4. The zero-order valence-corrected chi connectivity index (χ0v) is 15.2. The summed E-state index contributed by atoms with van der Waals surface area (Å²) < 4.78 is 12.6. The molecule has 5 N–H and O–H groups in total. The second kappa shape index (κ2) is 7.16. The molecule has 0 unspecified atom stereocenters. The van der Waals surface area contributed by atoms with Crippen LogP contribution in [0.5, 0.6) is 5.75 Å². The van der Waals surface area contributed by atoms with Gasteiger partial charge >= 0.3 is 5.97 Å². The Balaban J connectivity index is 0.000000161. The lowest BCUT2D eigenvalue weighted by Gasteiger charge is -2.00. The number of para-hydroxylation sites is 1. The molecule has 0 saturated carbocycles. The van der Waals surface area contributed by atoms with E-state index in [0.29, 0.717) is 5.75 Å². The summed E-state index contributed by atoms with van der Waals surface area (Å²) in [5, 5.41) is 22.7. The van der Waals surface area contributed by atoms with Crippen LogP contribution >= 0.6 is 0 Å². The molecular weight excluding hydrogens is 371 g/mol. The summed E-state index contributed by atoms with van der Waals surface area (Å²) in [5.41, 5.74) is 7.29. The highest BCUT2D eigenvalue weighted by Crippen LogP contribution is 2.32. The van der Waals surface area contributed by atoms with Gasteiger partial charge in [0.25, 0.3) is 0 Å². The first-order chi connectivity index (χ1) is 13.9. The number of carboxylic acid groups (broad SMARTS) is 1. The second-order valence-corrected chi connectivity index (χ2v) is 6.61. The van der Waals surface area contributed by atoms with E-state index in [2.05, 4.69) is 29.2 Å². The SMILES string of the molecule is Nc1ccc(F)c(C(=O)O)c1.Oc1ccc2ccc3c4ccccc4[nH]c3c2c1. The fourth-order valence-electron chi connectivity index (χ4n) is 3.34. The molecule has 0 amide bonds. The van der Waals surface area contributed by atoms with Crippen molar-refractivity contribution in [3.8, 4) is 5.75 Å². The summed E-state index contributed by atoms with van der Waals surface area (Å²) in [6.07, 6.45) is 0. The molecule has 6 heteroatoms. The van der Waals surface area contributed by atoms with Crippen LogP contribution in [0.4, 0.5) is 10.1 Å². The summed E-state index contributed by atoms with van der Waals surface area (Å²) in [6, 6.07) is 21.4. The van der Waals surface area contributed by atoms with Crippen molar-refractivity contribution in [2.45, 2.75) is 0 Å². The monoisotopic (exact) mass is 388 g/mol. The van der Waals surface area contributed by atoms with Gasteiger partial charge in [-0.1, -0.05) is 36.4 Å². The standard InChI is InChI=1S/C16H11NO.C7H6FNO2/c18-11-7-5-10-6-8-13-12-3-1-2-4-15(12)17-16(13)14(10)9-11;8-6-2-1-4(9)3-5(6)7(10)11/h1-9,17-18H;1-3H,9H2,(H,10,11). The number of halogens is 1. The van der Waals surface area contributed by atoms with Gasteiger partial charge in [-0.3, -0.25) is 0 Å². The van der Waals surface area contributed by atoms with Gasteiger partial charge in [0.15, 0.2) is 0 Å². The molecule has 0 spiro atoms. The van der Waals surface area contributed by atoms with Crippen LogP contribution in [0.2, 0.25) is 0 Å². The molecular formula is C23H17FN2O3. The van der Waals surface area contributed by atoms with Crippen molar-refractivity contribution in [3.63, 3.8) is 0 Å². The summed E-state index contributed by atoms with van der Waals surface area (Å²) in [4.78, 5) is 13.7. The number of H-pyrrole nitrogens is 1. The molecule has 0 bridgehead atoms. The third-order valence-corrected chi connectivity index (χ3v) is 4.70. The van der Waals surface area contributed by atoms with Gasteiger partial charge in [0.05, 0.1) is 11.1 Å². The molecule has 1 heterocycles. The minimum Gasteiger partial charge on any atom is -0.508 e. The number of aromatic nitrogens is 1. The van der Waals surface area contributed by atoms with Gasteiger partial charge in [-0.25, -0.2) is 9.18 Å².